The van der Waals surface area contributed by atoms with Crippen LogP contribution in [0.3, 0.4) is 0 Å². The third-order valence-corrected chi connectivity index (χ3v) is 6.74. The van der Waals surface area contributed by atoms with Crippen molar-refractivity contribution >= 4 is 21.2 Å². The Kier molecular flexibility index (Phi) is 4.45. The van der Waals surface area contributed by atoms with E-state index >= 15 is 0 Å². The standard InChI is InChI=1S/C13H20O3S2/c1-2-12-3-4-13(17-12)7-11(8-14)10-5-6-18(15,16)9-10/h3-4,10-11,14H,2,5-9H2,1H3. The molecule has 3 nitrogen and oxygen atoms in total. The van der Waals surface area contributed by atoms with Gasteiger partial charge in [0.1, 0.15) is 0 Å². The van der Waals surface area contributed by atoms with E-state index in [-0.39, 0.29) is 24.2 Å². The smallest absolute Gasteiger partial charge is 0.150 e. The molecule has 0 bridgehead atoms. The summed E-state index contributed by atoms with van der Waals surface area (Å²) >= 11 is 1.77. The van der Waals surface area contributed by atoms with Crippen LogP contribution in [0.1, 0.15) is 23.1 Å². The van der Waals surface area contributed by atoms with Gasteiger partial charge < -0.3 is 5.11 Å². The van der Waals surface area contributed by atoms with E-state index in [1.807, 2.05) is 0 Å². The Bertz CT molecular complexity index is 490. The Hall–Kier alpha value is -0.390. The summed E-state index contributed by atoms with van der Waals surface area (Å²) in [5, 5.41) is 9.49. The average molecular weight is 288 g/mol. The van der Waals surface area contributed by atoms with E-state index in [2.05, 4.69) is 19.1 Å². The summed E-state index contributed by atoms with van der Waals surface area (Å²) in [6, 6.07) is 4.23. The van der Waals surface area contributed by atoms with Gasteiger partial charge in [-0.1, -0.05) is 6.92 Å². The number of sulfone groups is 1. The summed E-state index contributed by atoms with van der Waals surface area (Å²) in [6.07, 6.45) is 2.55. The molecule has 0 amide bonds. The van der Waals surface area contributed by atoms with Crippen LogP contribution in [0.25, 0.3) is 0 Å². The maximum absolute atomic E-state index is 11.5. The van der Waals surface area contributed by atoms with E-state index < -0.39 is 9.84 Å². The number of aliphatic hydroxyl groups excluding tert-OH is 1. The number of aliphatic hydroxyl groups is 1. The molecule has 2 rings (SSSR count). The SMILES string of the molecule is CCc1ccc(CC(CO)C2CCS(=O)(=O)C2)s1. The summed E-state index contributed by atoms with van der Waals surface area (Å²) in [4.78, 5) is 2.61. The molecule has 0 spiro atoms. The van der Waals surface area contributed by atoms with Crippen LogP contribution in [0, 0.1) is 11.8 Å². The van der Waals surface area contributed by atoms with Gasteiger partial charge in [0.15, 0.2) is 9.84 Å². The lowest BCUT2D eigenvalue weighted by Crippen LogP contribution is -2.21. The first-order chi connectivity index (χ1) is 8.54. The Morgan fingerprint density at radius 1 is 1.44 bits per heavy atom. The Morgan fingerprint density at radius 3 is 2.67 bits per heavy atom. The van der Waals surface area contributed by atoms with Crippen LogP contribution in [-0.4, -0.2) is 31.6 Å². The van der Waals surface area contributed by atoms with Crippen LogP contribution in [0.4, 0.5) is 0 Å². The second-order valence-electron chi connectivity index (χ2n) is 5.03. The largest absolute Gasteiger partial charge is 0.396 e. The molecule has 1 fully saturated rings. The minimum atomic E-state index is -2.85. The third kappa shape index (κ3) is 3.33. The number of rotatable bonds is 5. The van der Waals surface area contributed by atoms with E-state index in [1.165, 1.54) is 9.75 Å². The Morgan fingerprint density at radius 2 is 2.17 bits per heavy atom. The van der Waals surface area contributed by atoms with Crippen LogP contribution >= 0.6 is 11.3 Å². The van der Waals surface area contributed by atoms with Crippen LogP contribution in [0.15, 0.2) is 12.1 Å². The number of hydrogen-bond acceptors (Lipinski definition) is 4. The second-order valence-corrected chi connectivity index (χ2v) is 8.51. The van der Waals surface area contributed by atoms with Gasteiger partial charge in [-0.25, -0.2) is 8.42 Å². The van der Waals surface area contributed by atoms with Crippen LogP contribution in [0.2, 0.25) is 0 Å². The monoisotopic (exact) mass is 288 g/mol. The van der Waals surface area contributed by atoms with Gasteiger partial charge in [-0.15, -0.1) is 11.3 Å². The molecule has 2 atom stereocenters. The highest BCUT2D eigenvalue weighted by atomic mass is 32.2. The zero-order valence-electron chi connectivity index (χ0n) is 10.6. The topological polar surface area (TPSA) is 54.4 Å². The van der Waals surface area contributed by atoms with Crippen molar-refractivity contribution < 1.29 is 13.5 Å². The average Bonchev–Trinajstić information content (AvgIpc) is 2.92. The minimum Gasteiger partial charge on any atom is -0.396 e. The van der Waals surface area contributed by atoms with Crippen molar-refractivity contribution in [2.24, 2.45) is 11.8 Å². The van der Waals surface area contributed by atoms with Crippen molar-refractivity contribution in [3.05, 3.63) is 21.9 Å². The van der Waals surface area contributed by atoms with E-state index in [4.69, 9.17) is 0 Å². The van der Waals surface area contributed by atoms with Crippen molar-refractivity contribution in [2.75, 3.05) is 18.1 Å². The third-order valence-electron chi connectivity index (χ3n) is 3.70. The predicted molar refractivity (Wildman–Crippen MR) is 74.7 cm³/mol. The van der Waals surface area contributed by atoms with Gasteiger partial charge in [0, 0.05) is 16.4 Å². The highest BCUT2D eigenvalue weighted by Gasteiger charge is 2.33. The molecule has 2 unspecified atom stereocenters. The zero-order valence-corrected chi connectivity index (χ0v) is 12.3. The lowest BCUT2D eigenvalue weighted by Gasteiger charge is -2.19. The Balaban J connectivity index is 2.01. The summed E-state index contributed by atoms with van der Waals surface area (Å²) in [5.41, 5.74) is 0. The highest BCUT2D eigenvalue weighted by Crippen LogP contribution is 2.30. The molecular weight excluding hydrogens is 268 g/mol. The molecule has 0 aromatic carbocycles. The molecule has 2 heterocycles. The number of hydrogen-bond donors (Lipinski definition) is 1. The van der Waals surface area contributed by atoms with Gasteiger partial charge in [0.2, 0.25) is 0 Å². The summed E-state index contributed by atoms with van der Waals surface area (Å²) < 4.78 is 23.0. The lowest BCUT2D eigenvalue weighted by atomic mass is 9.89. The van der Waals surface area contributed by atoms with Gasteiger partial charge >= 0.3 is 0 Å². The molecule has 102 valence electrons. The summed E-state index contributed by atoms with van der Waals surface area (Å²) in [6.45, 7) is 2.21. The van der Waals surface area contributed by atoms with Gasteiger partial charge in [-0.3, -0.25) is 0 Å². The van der Waals surface area contributed by atoms with Crippen molar-refractivity contribution in [2.45, 2.75) is 26.2 Å². The molecule has 0 radical (unpaired) electrons. The molecule has 5 heteroatoms. The first-order valence-electron chi connectivity index (χ1n) is 6.43. The maximum atomic E-state index is 11.5. The molecule has 1 saturated heterocycles. The first-order valence-corrected chi connectivity index (χ1v) is 9.06. The minimum absolute atomic E-state index is 0.0829. The Labute approximate surface area is 113 Å². The van der Waals surface area contributed by atoms with Crippen molar-refractivity contribution in [1.29, 1.82) is 0 Å². The van der Waals surface area contributed by atoms with Gasteiger partial charge in [-0.2, -0.15) is 0 Å². The van der Waals surface area contributed by atoms with Gasteiger partial charge in [0.05, 0.1) is 11.5 Å². The van der Waals surface area contributed by atoms with E-state index in [1.54, 1.807) is 11.3 Å². The van der Waals surface area contributed by atoms with Crippen LogP contribution in [-0.2, 0) is 22.7 Å². The quantitative estimate of drug-likeness (QED) is 0.900. The van der Waals surface area contributed by atoms with E-state index in [0.29, 0.717) is 12.2 Å². The molecule has 0 aliphatic carbocycles. The molecule has 1 N–H and O–H groups in total. The van der Waals surface area contributed by atoms with Crippen LogP contribution in [0.5, 0.6) is 0 Å². The molecular formula is C13H20O3S2. The fourth-order valence-electron chi connectivity index (χ4n) is 2.56. The van der Waals surface area contributed by atoms with Gasteiger partial charge in [-0.05, 0) is 43.2 Å². The fourth-order valence-corrected chi connectivity index (χ4v) is 5.53. The molecule has 1 aliphatic rings. The molecule has 1 aromatic rings. The number of thiophene rings is 1. The predicted octanol–water partition coefficient (Wildman–Crippen LogP) is 1.90. The fraction of sp³-hybridized carbons (Fsp3) is 0.692. The molecule has 1 aliphatic heterocycles. The normalized spacial score (nSPS) is 24.2. The maximum Gasteiger partial charge on any atom is 0.150 e. The first kappa shape index (κ1) is 14.0. The second kappa shape index (κ2) is 5.72. The van der Waals surface area contributed by atoms with E-state index in [9.17, 15) is 13.5 Å². The van der Waals surface area contributed by atoms with Crippen LogP contribution < -0.4 is 0 Å². The highest BCUT2D eigenvalue weighted by molar-refractivity contribution is 7.91. The van der Waals surface area contributed by atoms with Crippen molar-refractivity contribution in [3.8, 4) is 0 Å². The molecule has 18 heavy (non-hydrogen) atoms. The van der Waals surface area contributed by atoms with Gasteiger partial charge in [0.25, 0.3) is 0 Å². The van der Waals surface area contributed by atoms with Crippen molar-refractivity contribution in [3.63, 3.8) is 0 Å². The number of aryl methyl sites for hydroxylation is 1. The lowest BCUT2D eigenvalue weighted by molar-refractivity contribution is 0.184. The van der Waals surface area contributed by atoms with E-state index in [0.717, 1.165) is 12.8 Å². The van der Waals surface area contributed by atoms with Crippen molar-refractivity contribution in [1.82, 2.24) is 0 Å². The summed E-state index contributed by atoms with van der Waals surface area (Å²) in [7, 11) is -2.85. The summed E-state index contributed by atoms with van der Waals surface area (Å²) in [5.74, 6) is 0.765. The zero-order chi connectivity index (χ0) is 13.2. The molecule has 1 aromatic heterocycles. The molecule has 0 saturated carbocycles.